The Morgan fingerprint density at radius 1 is 0.902 bits per heavy atom. The molecule has 1 fully saturated rings. The van der Waals surface area contributed by atoms with Gasteiger partial charge in [0.05, 0.1) is 22.1 Å². The van der Waals surface area contributed by atoms with Crippen LogP contribution >= 0.6 is 11.3 Å². The van der Waals surface area contributed by atoms with Gasteiger partial charge in [-0.2, -0.15) is 0 Å². The number of nitrogens with one attached hydrogen (secondary N) is 1. The number of aryl methyl sites for hydroxylation is 1. The van der Waals surface area contributed by atoms with Gasteiger partial charge in [-0.25, -0.2) is 4.98 Å². The summed E-state index contributed by atoms with van der Waals surface area (Å²) in [5, 5.41) is 9.74. The van der Waals surface area contributed by atoms with Gasteiger partial charge in [-0.15, -0.1) is 11.3 Å². The van der Waals surface area contributed by atoms with Gasteiger partial charge in [0.1, 0.15) is 12.6 Å². The summed E-state index contributed by atoms with van der Waals surface area (Å²) in [7, 11) is 3.17. The van der Waals surface area contributed by atoms with Crippen LogP contribution in [0.4, 0.5) is 0 Å². The van der Waals surface area contributed by atoms with Crippen LogP contribution in [0.1, 0.15) is 155 Å². The molecule has 0 aliphatic carbocycles. The number of carbonyl (C=O) groups is 4. The number of rotatable bonds is 18. The third-order valence-electron chi connectivity index (χ3n) is 7.76. The van der Waals surface area contributed by atoms with Crippen molar-refractivity contribution in [3.63, 3.8) is 0 Å². The van der Waals surface area contributed by atoms with E-state index in [0.29, 0.717) is 12.8 Å². The summed E-state index contributed by atoms with van der Waals surface area (Å²) >= 11 is 1.64. The van der Waals surface area contributed by atoms with E-state index >= 15 is 0 Å². The molecule has 1 aromatic carbocycles. The number of aromatic nitrogens is 1. The highest BCUT2D eigenvalue weighted by molar-refractivity contribution is 7.13. The van der Waals surface area contributed by atoms with E-state index in [1.807, 2.05) is 66.1 Å². The molecule has 9 nitrogen and oxygen atoms in total. The monoisotopic (exact) mass is 735 g/mol. The van der Waals surface area contributed by atoms with Crippen LogP contribution in [0.5, 0.6) is 0 Å². The normalized spacial score (nSPS) is 12.3. The first kappa shape index (κ1) is 52.4. The molecule has 3 rings (SSSR count). The van der Waals surface area contributed by atoms with Gasteiger partial charge in [-0.3, -0.25) is 9.59 Å². The third kappa shape index (κ3) is 33.9. The lowest BCUT2D eigenvalue weighted by Crippen LogP contribution is -2.15. The fourth-order valence-electron chi connectivity index (χ4n) is 4.77. The number of carbonyl (C=O) groups excluding carboxylic acids is 4. The number of unbranched alkanes of at least 4 members (excludes halogenated alkanes) is 10. The molecule has 1 aromatic heterocycles. The predicted octanol–water partition coefficient (Wildman–Crippen LogP) is 9.25. The molecule has 1 saturated heterocycles. The highest BCUT2D eigenvalue weighted by atomic mass is 32.1. The molecule has 1 aliphatic rings. The van der Waals surface area contributed by atoms with Gasteiger partial charge in [0.15, 0.2) is 0 Å². The molecule has 0 radical (unpaired) electrons. The first-order valence-electron chi connectivity index (χ1n) is 18.9. The molecule has 294 valence electrons. The molecule has 10 heteroatoms. The van der Waals surface area contributed by atoms with E-state index in [1.165, 1.54) is 81.3 Å². The van der Waals surface area contributed by atoms with Gasteiger partial charge < -0.3 is 30.6 Å². The van der Waals surface area contributed by atoms with Crippen LogP contribution in [0.25, 0.3) is 10.4 Å². The second-order valence-corrected chi connectivity index (χ2v) is 14.4. The summed E-state index contributed by atoms with van der Waals surface area (Å²) in [5.41, 5.74) is 10.4. The van der Waals surface area contributed by atoms with Crippen molar-refractivity contribution >= 4 is 36.2 Å². The second kappa shape index (κ2) is 36.8. The van der Waals surface area contributed by atoms with Crippen molar-refractivity contribution in [2.75, 3.05) is 27.2 Å². The third-order valence-corrected chi connectivity index (χ3v) is 8.73. The highest BCUT2D eigenvalue weighted by Gasteiger charge is 2.08. The number of amides is 2. The van der Waals surface area contributed by atoms with Crippen molar-refractivity contribution in [1.29, 1.82) is 0 Å². The number of hydrogen-bond donors (Lipinski definition) is 3. The predicted molar refractivity (Wildman–Crippen MR) is 217 cm³/mol. The Balaban J connectivity index is -0.000000629. The lowest BCUT2D eigenvalue weighted by atomic mass is 9.93. The number of likely N-dealkylation sites (tertiary alicyclic amines) is 1. The van der Waals surface area contributed by atoms with Gasteiger partial charge in [0, 0.05) is 26.4 Å². The molecule has 0 saturated carbocycles. The summed E-state index contributed by atoms with van der Waals surface area (Å²) in [5.74, 6) is -0.180. The number of primary amides is 1. The number of nitrogens with two attached hydrogens (primary N) is 1. The topological polar surface area (TPSA) is 143 Å². The summed E-state index contributed by atoms with van der Waals surface area (Å²) in [6.45, 7) is 16.7. The lowest BCUT2D eigenvalue weighted by Gasteiger charge is -2.11. The zero-order valence-corrected chi connectivity index (χ0v) is 34.5. The minimum atomic E-state index is -0.180. The fraction of sp³-hybridized carbons (Fsp3) is 0.683. The van der Waals surface area contributed by atoms with Crippen LogP contribution in [0.3, 0.4) is 0 Å². The van der Waals surface area contributed by atoms with Gasteiger partial charge in [-0.1, -0.05) is 110 Å². The number of hydrogen-bond acceptors (Lipinski definition) is 8. The van der Waals surface area contributed by atoms with Crippen molar-refractivity contribution in [2.24, 2.45) is 11.1 Å². The van der Waals surface area contributed by atoms with Crippen LogP contribution in [0, 0.1) is 12.3 Å². The summed E-state index contributed by atoms with van der Waals surface area (Å²) in [6, 6.07) is 8.26. The van der Waals surface area contributed by atoms with Crippen molar-refractivity contribution in [2.45, 2.75) is 151 Å². The van der Waals surface area contributed by atoms with E-state index in [9.17, 15) is 19.2 Å². The molecule has 51 heavy (non-hydrogen) atoms. The molecule has 0 bridgehead atoms. The van der Waals surface area contributed by atoms with Crippen LogP contribution < -0.4 is 11.1 Å². The van der Waals surface area contributed by atoms with Crippen molar-refractivity contribution in [3.8, 4) is 10.4 Å². The van der Waals surface area contributed by atoms with Gasteiger partial charge in [0.2, 0.25) is 12.3 Å². The van der Waals surface area contributed by atoms with Gasteiger partial charge in [0.25, 0.3) is 0 Å². The first-order chi connectivity index (χ1) is 24.4. The maximum atomic E-state index is 10.5. The number of thiazole rings is 1. The van der Waals surface area contributed by atoms with E-state index < -0.39 is 0 Å². The van der Waals surface area contributed by atoms with E-state index in [4.69, 9.17) is 10.8 Å². The van der Waals surface area contributed by atoms with Crippen molar-refractivity contribution < 1.29 is 24.3 Å². The Kier molecular flexibility index (Phi) is 37.8. The van der Waals surface area contributed by atoms with Crippen LogP contribution in [0.2, 0.25) is 0 Å². The molecular formula is C41H74N4O5S. The molecule has 2 heterocycles. The van der Waals surface area contributed by atoms with E-state index in [0.717, 1.165) is 63.0 Å². The molecule has 0 spiro atoms. The Bertz CT molecular complexity index is 1080. The summed E-state index contributed by atoms with van der Waals surface area (Å²) < 4.78 is 0. The van der Waals surface area contributed by atoms with Crippen LogP contribution in [0.15, 0.2) is 29.8 Å². The lowest BCUT2D eigenvalue weighted by molar-refractivity contribution is -0.118. The molecule has 1 atom stereocenters. The van der Waals surface area contributed by atoms with Crippen molar-refractivity contribution in [3.05, 3.63) is 41.0 Å². The largest absolute Gasteiger partial charge is 0.400 e. The maximum Gasteiger partial charge on any atom is 0.217 e. The maximum absolute atomic E-state index is 10.5. The second-order valence-electron chi connectivity index (χ2n) is 13.5. The molecule has 2 amide bonds. The standard InChI is InChI=1S/C14H27NO2.C13H14N2OS.C6H12O.C5H11N.C2H6.CH4O/c15-14(17)12-10-8-6-4-2-1-3-5-7-9-11-13-16;1-9(14-7-16)11-3-5-12(6-4-11)13-10(2)15-8-17-13;1-6(2,3)4-5-7;1-6-4-2-3-5-6;2*1-2/h13H,1-12H2,(H2,15,17);3-9H,1-2H3,(H,14,16);5H,4H2,1-3H3;2-5H2,1H3;1-2H3;2H,1H3. The minimum absolute atomic E-state index is 0.0455. The Morgan fingerprint density at radius 2 is 1.39 bits per heavy atom. The van der Waals surface area contributed by atoms with Gasteiger partial charge in [-0.05, 0) is 76.2 Å². The number of aliphatic hydroxyl groups excluding tert-OH is 1. The minimum Gasteiger partial charge on any atom is -0.400 e. The first-order valence-corrected chi connectivity index (χ1v) is 19.8. The number of nitrogens with zero attached hydrogens (tertiary/aromatic N) is 2. The quantitative estimate of drug-likeness (QED) is 0.102. The van der Waals surface area contributed by atoms with E-state index in [1.54, 1.807) is 11.3 Å². The highest BCUT2D eigenvalue weighted by Crippen LogP contribution is 2.28. The Morgan fingerprint density at radius 3 is 1.73 bits per heavy atom. The Labute approximate surface area is 315 Å². The Hall–Kier alpha value is -2.95. The van der Waals surface area contributed by atoms with Crippen LogP contribution in [-0.4, -0.2) is 67.1 Å². The number of aldehydes is 2. The zero-order valence-electron chi connectivity index (χ0n) is 33.7. The average molecular weight is 735 g/mol. The molecule has 1 unspecified atom stereocenters. The van der Waals surface area contributed by atoms with E-state index in [2.05, 4.69) is 34.4 Å². The van der Waals surface area contributed by atoms with Crippen molar-refractivity contribution in [1.82, 2.24) is 15.2 Å². The number of aliphatic hydroxyl groups is 1. The molecule has 1 aliphatic heterocycles. The molecule has 2 aromatic rings. The summed E-state index contributed by atoms with van der Waals surface area (Å²) in [4.78, 5) is 48.6. The SMILES string of the molecule is CC.CC(C)(C)CC=O.CN1CCCC1.CO.Cc1ncsc1-c1ccc(C(C)NC=O)cc1.NC(=O)CCCCCCCCCCCCC=O. The fourth-order valence-corrected chi connectivity index (χ4v) is 5.58. The smallest absolute Gasteiger partial charge is 0.217 e. The average Bonchev–Trinajstić information content (AvgIpc) is 3.78. The number of benzene rings is 1. The van der Waals surface area contributed by atoms with E-state index in [-0.39, 0.29) is 17.4 Å². The van der Waals surface area contributed by atoms with Gasteiger partial charge >= 0.3 is 0 Å². The van der Waals surface area contributed by atoms with Crippen LogP contribution in [-0.2, 0) is 19.2 Å². The zero-order chi connectivity index (χ0) is 39.3. The summed E-state index contributed by atoms with van der Waals surface area (Å²) in [6.07, 6.45) is 19.4. The molecule has 4 N–H and O–H groups in total. The molecular weight excluding hydrogens is 661 g/mol.